The highest BCUT2D eigenvalue weighted by Gasteiger charge is 2.47. The molecule has 0 bridgehead atoms. The average Bonchev–Trinajstić information content (AvgIpc) is 3.42. The number of rotatable bonds is 8. The highest BCUT2D eigenvalue weighted by Crippen LogP contribution is 2.49. The topological polar surface area (TPSA) is 94.8 Å². The fourth-order valence-electron chi connectivity index (χ4n) is 5.47. The zero-order chi connectivity index (χ0) is 35.8. The quantitative estimate of drug-likeness (QED) is 0.186. The van der Waals surface area contributed by atoms with E-state index in [9.17, 15) is 49.1 Å². The normalized spacial score (nSPS) is 18.4. The third-order valence-electron chi connectivity index (χ3n) is 7.81. The lowest BCUT2D eigenvalue weighted by molar-refractivity contribution is -0.143. The van der Waals surface area contributed by atoms with Crippen molar-refractivity contribution in [2.75, 3.05) is 18.1 Å². The molecule has 2 N–H and O–H groups in total. The van der Waals surface area contributed by atoms with Crippen LogP contribution >= 0.6 is 11.3 Å². The monoisotopic (exact) mass is 711 g/mol. The molecule has 4 rings (SSSR count). The van der Waals surface area contributed by atoms with E-state index in [2.05, 4.69) is 4.98 Å². The molecule has 262 valence electrons. The summed E-state index contributed by atoms with van der Waals surface area (Å²) >= 11 is 0.755. The van der Waals surface area contributed by atoms with Crippen molar-refractivity contribution in [2.45, 2.75) is 76.6 Å². The summed E-state index contributed by atoms with van der Waals surface area (Å²) in [5.41, 5.74) is 0.763. The van der Waals surface area contributed by atoms with E-state index >= 15 is 0 Å². The Morgan fingerprint density at radius 1 is 0.875 bits per heavy atom. The summed E-state index contributed by atoms with van der Waals surface area (Å²) in [7, 11) is 0. The summed E-state index contributed by atoms with van der Waals surface area (Å²) in [5.74, 6) is -1.91. The van der Waals surface area contributed by atoms with Crippen molar-refractivity contribution in [1.29, 1.82) is 0 Å². The number of hydrogen-bond donors (Lipinski definition) is 1. The Bertz CT molecular complexity index is 1640. The first kappa shape index (κ1) is 37.0. The average molecular weight is 712 g/mol. The Labute approximate surface area is 272 Å². The zero-order valence-corrected chi connectivity index (χ0v) is 26.5. The van der Waals surface area contributed by atoms with Crippen LogP contribution in [-0.4, -0.2) is 35.9 Å². The molecule has 0 unspecified atom stereocenters. The van der Waals surface area contributed by atoms with E-state index in [0.717, 1.165) is 34.4 Å². The minimum absolute atomic E-state index is 0.00337. The minimum atomic E-state index is -5.07. The van der Waals surface area contributed by atoms with Crippen molar-refractivity contribution in [3.05, 3.63) is 79.8 Å². The van der Waals surface area contributed by atoms with Crippen molar-refractivity contribution in [2.24, 2.45) is 5.73 Å². The lowest BCUT2D eigenvalue weighted by Gasteiger charge is -2.46. The number of nitrogens with two attached hydrogens (primary N) is 1. The van der Waals surface area contributed by atoms with Gasteiger partial charge in [-0.05, 0) is 87.1 Å². The third-order valence-corrected chi connectivity index (χ3v) is 9.00. The summed E-state index contributed by atoms with van der Waals surface area (Å²) in [6.07, 6.45) is -16.6. The summed E-state index contributed by atoms with van der Waals surface area (Å²) in [6, 6.07) is 3.84. The number of anilines is 1. The van der Waals surface area contributed by atoms with Crippen molar-refractivity contribution in [3.8, 4) is 0 Å². The van der Waals surface area contributed by atoms with Gasteiger partial charge >= 0.3 is 30.6 Å². The van der Waals surface area contributed by atoms with Gasteiger partial charge in [0.15, 0.2) is 0 Å². The fourth-order valence-corrected chi connectivity index (χ4v) is 6.60. The first-order valence-electron chi connectivity index (χ1n) is 14.7. The second-order valence-corrected chi connectivity index (χ2v) is 12.0. The number of alkyl halides is 9. The highest BCUT2D eigenvalue weighted by atomic mass is 32.1. The largest absolute Gasteiger partial charge is 0.462 e. The molecule has 0 radical (unpaired) electrons. The second kappa shape index (κ2) is 13.6. The van der Waals surface area contributed by atoms with Gasteiger partial charge in [-0.15, -0.1) is 11.3 Å². The Morgan fingerprint density at radius 2 is 1.46 bits per heavy atom. The van der Waals surface area contributed by atoms with Crippen LogP contribution in [-0.2, 0) is 40.8 Å². The van der Waals surface area contributed by atoms with Crippen molar-refractivity contribution >= 4 is 29.1 Å². The molecule has 2 aromatic carbocycles. The van der Waals surface area contributed by atoms with Crippen LogP contribution in [0.4, 0.5) is 50.0 Å². The smallest absolute Gasteiger partial charge is 0.416 e. The van der Waals surface area contributed by atoms with E-state index in [1.54, 1.807) is 13.8 Å². The number of carbonyl (C=O) groups excluding carboxylic acids is 2. The van der Waals surface area contributed by atoms with Gasteiger partial charge in [0.05, 0.1) is 41.3 Å². The molecule has 1 aromatic heterocycles. The van der Waals surface area contributed by atoms with Crippen LogP contribution in [0.5, 0.6) is 0 Å². The van der Waals surface area contributed by atoms with Gasteiger partial charge in [0.2, 0.25) is 0 Å². The number of aryl methyl sites for hydroxylation is 2. The van der Waals surface area contributed by atoms with Crippen LogP contribution in [0, 0.1) is 0 Å². The molecule has 0 saturated carbocycles. The molecule has 0 spiro atoms. The standard InChI is InChI=1S/C31H30F9N3O4S/c1-4-28(41)15-21(20-14-17(29(32,33)34)8-10-23(20)43(28)27(45)47-6-3)25-42-22(24(48-25)26(44)46-5-2)9-7-16-11-18(30(35,36)37)13-19(12-16)31(38,39)40/h8,10-14,21H,4-7,9,15,41H2,1-3H3/t21-,28+/m0/s1. The molecule has 0 fully saturated rings. The number of thiazole rings is 1. The van der Waals surface area contributed by atoms with Gasteiger partial charge in [-0.25, -0.2) is 14.6 Å². The van der Waals surface area contributed by atoms with Gasteiger partial charge in [0.1, 0.15) is 15.5 Å². The van der Waals surface area contributed by atoms with Gasteiger partial charge in [0, 0.05) is 5.92 Å². The molecular formula is C31H30F9N3O4S. The SMILES string of the molecule is CCOC(=O)c1sc([C@H]2C[C@@](N)(CC)N(C(=O)OCC)c3ccc(C(F)(F)F)cc32)nc1CCc1cc(C(F)(F)F)cc(C(F)(F)F)c1. The van der Waals surface area contributed by atoms with E-state index in [0.29, 0.717) is 12.1 Å². The molecule has 48 heavy (non-hydrogen) atoms. The van der Waals surface area contributed by atoms with Crippen molar-refractivity contribution in [3.63, 3.8) is 0 Å². The van der Waals surface area contributed by atoms with E-state index in [4.69, 9.17) is 15.2 Å². The van der Waals surface area contributed by atoms with Gasteiger partial charge in [0.25, 0.3) is 0 Å². The summed E-state index contributed by atoms with van der Waals surface area (Å²) in [4.78, 5) is 31.5. The van der Waals surface area contributed by atoms with E-state index < -0.39 is 65.3 Å². The molecule has 0 aliphatic carbocycles. The van der Waals surface area contributed by atoms with Crippen molar-refractivity contribution in [1.82, 2.24) is 4.98 Å². The number of carbonyl (C=O) groups is 2. The van der Waals surface area contributed by atoms with Crippen LogP contribution in [0.1, 0.15) is 87.7 Å². The minimum Gasteiger partial charge on any atom is -0.462 e. The number of ether oxygens (including phenoxy) is 2. The highest BCUT2D eigenvalue weighted by molar-refractivity contribution is 7.13. The molecule has 1 amide bonds. The molecule has 3 aromatic rings. The number of nitrogens with zero attached hydrogens (tertiary/aromatic N) is 2. The van der Waals surface area contributed by atoms with Crippen molar-refractivity contribution < 1.29 is 58.6 Å². The maximum Gasteiger partial charge on any atom is 0.416 e. The van der Waals surface area contributed by atoms with Gasteiger partial charge in [-0.3, -0.25) is 4.90 Å². The van der Waals surface area contributed by atoms with Gasteiger partial charge in [-0.2, -0.15) is 39.5 Å². The number of amides is 1. The van der Waals surface area contributed by atoms with E-state index in [-0.39, 0.29) is 70.9 Å². The molecule has 1 aliphatic heterocycles. The molecule has 7 nitrogen and oxygen atoms in total. The number of aromatic nitrogens is 1. The molecule has 0 saturated heterocycles. The lowest BCUT2D eigenvalue weighted by atomic mass is 9.80. The first-order chi connectivity index (χ1) is 22.2. The summed E-state index contributed by atoms with van der Waals surface area (Å²) < 4.78 is 133. The van der Waals surface area contributed by atoms with E-state index in [1.165, 1.54) is 6.92 Å². The van der Waals surface area contributed by atoms with Crippen LogP contribution < -0.4 is 10.6 Å². The zero-order valence-electron chi connectivity index (χ0n) is 25.7. The Kier molecular flexibility index (Phi) is 10.4. The molecule has 2 heterocycles. The molecule has 2 atom stereocenters. The first-order valence-corrected chi connectivity index (χ1v) is 15.5. The molecule has 17 heteroatoms. The number of hydrogen-bond acceptors (Lipinski definition) is 7. The Balaban J connectivity index is 1.85. The van der Waals surface area contributed by atoms with Crippen LogP contribution in [0.3, 0.4) is 0 Å². The number of benzene rings is 2. The van der Waals surface area contributed by atoms with E-state index in [1.807, 2.05) is 0 Å². The lowest BCUT2D eigenvalue weighted by Crippen LogP contribution is -2.61. The van der Waals surface area contributed by atoms with Crippen LogP contribution in [0.15, 0.2) is 36.4 Å². The predicted octanol–water partition coefficient (Wildman–Crippen LogP) is 8.72. The maximum atomic E-state index is 13.9. The third kappa shape index (κ3) is 7.72. The number of halogens is 9. The number of fused-ring (bicyclic) bond motifs is 1. The fraction of sp³-hybridized carbons (Fsp3) is 0.452. The predicted molar refractivity (Wildman–Crippen MR) is 157 cm³/mol. The molecule has 1 aliphatic rings. The Morgan fingerprint density at radius 3 is 1.98 bits per heavy atom. The van der Waals surface area contributed by atoms with Gasteiger partial charge in [-0.1, -0.05) is 6.92 Å². The number of esters is 1. The van der Waals surface area contributed by atoms with Crippen LogP contribution in [0.2, 0.25) is 0 Å². The summed E-state index contributed by atoms with van der Waals surface area (Å²) in [5, 5.41) is 0.0837. The Hall–Kier alpha value is -3.86. The maximum absolute atomic E-state index is 13.9. The van der Waals surface area contributed by atoms with Crippen LogP contribution in [0.25, 0.3) is 0 Å². The van der Waals surface area contributed by atoms with Gasteiger partial charge < -0.3 is 15.2 Å². The summed E-state index contributed by atoms with van der Waals surface area (Å²) in [6.45, 7) is 4.56. The molecular weight excluding hydrogens is 681 g/mol. The second-order valence-electron chi connectivity index (χ2n) is 11.0.